The van der Waals surface area contributed by atoms with Gasteiger partial charge in [0.1, 0.15) is 6.04 Å². The monoisotopic (exact) mass is 586 g/mol. The highest BCUT2D eigenvalue weighted by Gasteiger charge is 2.32. The quantitative estimate of drug-likeness (QED) is 0.281. The first-order chi connectivity index (χ1) is 17.1. The second-order valence-corrected chi connectivity index (χ2v) is 12.1. The van der Waals surface area contributed by atoms with E-state index in [0.717, 1.165) is 21.2 Å². The lowest BCUT2D eigenvalue weighted by Crippen LogP contribution is -2.54. The molecule has 1 atom stereocenters. The third-order valence-electron chi connectivity index (χ3n) is 5.42. The molecule has 3 aromatic rings. The van der Waals surface area contributed by atoms with Gasteiger partial charge in [-0.15, -0.1) is 11.8 Å². The number of amides is 2. The van der Waals surface area contributed by atoms with Crippen LogP contribution in [0.2, 0.25) is 5.02 Å². The summed E-state index contributed by atoms with van der Waals surface area (Å²) in [6.07, 6.45) is 0.435. The van der Waals surface area contributed by atoms with Crippen LogP contribution in [-0.4, -0.2) is 34.0 Å². The van der Waals surface area contributed by atoms with Crippen LogP contribution in [0.5, 0.6) is 0 Å². The van der Waals surface area contributed by atoms with Crippen LogP contribution in [0.1, 0.15) is 37.5 Å². The summed E-state index contributed by atoms with van der Waals surface area (Å²) in [7, 11) is 0. The van der Waals surface area contributed by atoms with E-state index in [1.54, 1.807) is 4.90 Å². The Morgan fingerprint density at radius 2 is 1.61 bits per heavy atom. The molecule has 0 aliphatic carbocycles. The van der Waals surface area contributed by atoms with Crippen LogP contribution < -0.4 is 5.32 Å². The molecule has 0 aliphatic rings. The van der Waals surface area contributed by atoms with Crippen molar-refractivity contribution in [2.24, 2.45) is 0 Å². The van der Waals surface area contributed by atoms with Crippen LogP contribution in [-0.2, 0) is 28.3 Å². The molecule has 0 heterocycles. The van der Waals surface area contributed by atoms with Crippen molar-refractivity contribution in [3.8, 4) is 0 Å². The lowest BCUT2D eigenvalue weighted by Gasteiger charge is -2.34. The maximum Gasteiger partial charge on any atom is 0.243 e. The summed E-state index contributed by atoms with van der Waals surface area (Å²) in [6.45, 7) is 6.20. The summed E-state index contributed by atoms with van der Waals surface area (Å²) < 4.78 is 0.934. The minimum atomic E-state index is -0.644. The second kappa shape index (κ2) is 13.3. The second-order valence-electron chi connectivity index (χ2n) is 9.72. The van der Waals surface area contributed by atoms with Crippen LogP contribution in [0.25, 0.3) is 0 Å². The molecule has 4 nitrogen and oxygen atoms in total. The number of hydrogen-bond acceptors (Lipinski definition) is 3. The Balaban J connectivity index is 1.86. The van der Waals surface area contributed by atoms with Crippen LogP contribution in [0.4, 0.5) is 0 Å². The van der Waals surface area contributed by atoms with Gasteiger partial charge in [-0.05, 0) is 61.7 Å². The van der Waals surface area contributed by atoms with Crippen LogP contribution in [0, 0.1) is 0 Å². The molecule has 0 spiro atoms. The van der Waals surface area contributed by atoms with Gasteiger partial charge in [-0.1, -0.05) is 82.1 Å². The minimum Gasteiger partial charge on any atom is -0.350 e. The van der Waals surface area contributed by atoms with Gasteiger partial charge in [-0.3, -0.25) is 9.59 Å². The zero-order valence-corrected chi connectivity index (χ0v) is 24.0. The molecule has 1 unspecified atom stereocenters. The van der Waals surface area contributed by atoms with Gasteiger partial charge in [-0.25, -0.2) is 0 Å². The van der Waals surface area contributed by atoms with Gasteiger partial charge in [0, 0.05) is 33.8 Å². The molecule has 36 heavy (non-hydrogen) atoms. The Morgan fingerprint density at radius 1 is 0.944 bits per heavy atom. The van der Waals surface area contributed by atoms with E-state index in [2.05, 4.69) is 21.2 Å². The fourth-order valence-electron chi connectivity index (χ4n) is 3.76. The van der Waals surface area contributed by atoms with E-state index in [-0.39, 0.29) is 17.6 Å². The average Bonchev–Trinajstić information content (AvgIpc) is 2.82. The number of thioether (sulfide) groups is 1. The summed E-state index contributed by atoms with van der Waals surface area (Å²) in [5.41, 5.74) is 2.65. The smallest absolute Gasteiger partial charge is 0.243 e. The van der Waals surface area contributed by atoms with E-state index in [1.807, 2.05) is 99.6 Å². The summed E-state index contributed by atoms with van der Waals surface area (Å²) in [5.74, 6) is 0.729. The molecule has 1 N–H and O–H groups in total. The van der Waals surface area contributed by atoms with Crippen molar-refractivity contribution in [3.05, 3.63) is 105 Å². The Hall–Kier alpha value is -2.28. The zero-order valence-electron chi connectivity index (χ0n) is 20.8. The first-order valence-corrected chi connectivity index (χ1v) is 14.2. The van der Waals surface area contributed by atoms with Gasteiger partial charge in [0.05, 0.1) is 5.75 Å². The fourth-order valence-corrected chi connectivity index (χ4v) is 5.20. The number of rotatable bonds is 10. The van der Waals surface area contributed by atoms with Gasteiger partial charge >= 0.3 is 0 Å². The third kappa shape index (κ3) is 9.30. The van der Waals surface area contributed by atoms with Crippen molar-refractivity contribution in [1.82, 2.24) is 10.2 Å². The van der Waals surface area contributed by atoms with Crippen molar-refractivity contribution < 1.29 is 9.59 Å². The largest absolute Gasteiger partial charge is 0.350 e. The number of carbonyl (C=O) groups is 2. The van der Waals surface area contributed by atoms with Gasteiger partial charge in [0.25, 0.3) is 0 Å². The maximum absolute atomic E-state index is 13.7. The van der Waals surface area contributed by atoms with Crippen LogP contribution in [0.3, 0.4) is 0 Å². The molecule has 0 aliphatic heterocycles. The van der Waals surface area contributed by atoms with Gasteiger partial charge in [0.2, 0.25) is 11.8 Å². The van der Waals surface area contributed by atoms with Crippen molar-refractivity contribution in [2.75, 3.05) is 5.75 Å². The Labute approximate surface area is 231 Å². The normalized spacial score (nSPS) is 12.1. The molecule has 190 valence electrons. The van der Waals surface area contributed by atoms with Crippen molar-refractivity contribution in [3.63, 3.8) is 0 Å². The SMILES string of the molecule is CC(C)(C)NC(=O)C(Cc1ccccc1)N(Cc1cccc(Br)c1)C(=O)CSCc1ccc(Cl)cc1. The predicted octanol–water partition coefficient (Wildman–Crippen LogP) is 6.89. The van der Waals surface area contributed by atoms with Crippen molar-refractivity contribution in [1.29, 1.82) is 0 Å². The first kappa shape index (κ1) is 28.3. The molecule has 0 radical (unpaired) electrons. The number of benzene rings is 3. The van der Waals surface area contributed by atoms with Gasteiger partial charge in [0.15, 0.2) is 0 Å². The molecule has 2 amide bonds. The van der Waals surface area contributed by atoms with Crippen LogP contribution >= 0.6 is 39.3 Å². The van der Waals surface area contributed by atoms with Crippen LogP contribution in [0.15, 0.2) is 83.3 Å². The topological polar surface area (TPSA) is 49.4 Å². The summed E-state index contributed by atoms with van der Waals surface area (Å²) >= 11 is 11.1. The average molecular weight is 588 g/mol. The first-order valence-electron chi connectivity index (χ1n) is 11.8. The lowest BCUT2D eigenvalue weighted by molar-refractivity contribution is -0.140. The number of nitrogens with one attached hydrogen (secondary N) is 1. The molecule has 0 saturated heterocycles. The minimum absolute atomic E-state index is 0.0704. The maximum atomic E-state index is 13.7. The standard InChI is InChI=1S/C29H32BrClN2O2S/c1-29(2,3)32-28(35)26(17-21-8-5-4-6-9-21)33(18-23-10-7-11-24(30)16-23)27(34)20-36-19-22-12-14-25(31)15-13-22/h4-16,26H,17-20H2,1-3H3,(H,32,35). The molecule has 7 heteroatoms. The Bertz CT molecular complexity index is 1150. The molecule has 0 bridgehead atoms. The third-order valence-corrected chi connectivity index (χ3v) is 7.15. The number of nitrogens with zero attached hydrogens (tertiary/aromatic N) is 1. The summed E-state index contributed by atoms with van der Waals surface area (Å²) in [6, 6.07) is 24.7. The lowest BCUT2D eigenvalue weighted by atomic mass is 10.0. The Morgan fingerprint density at radius 3 is 2.25 bits per heavy atom. The summed E-state index contributed by atoms with van der Waals surface area (Å²) in [5, 5.41) is 3.79. The number of carbonyl (C=O) groups excluding carboxylic acids is 2. The van der Waals surface area contributed by atoms with E-state index in [0.29, 0.717) is 23.7 Å². The molecular weight excluding hydrogens is 556 g/mol. The van der Waals surface area contributed by atoms with E-state index in [9.17, 15) is 9.59 Å². The predicted molar refractivity (Wildman–Crippen MR) is 154 cm³/mol. The Kier molecular flexibility index (Phi) is 10.5. The van der Waals surface area contributed by atoms with E-state index < -0.39 is 11.6 Å². The number of hydrogen-bond donors (Lipinski definition) is 1. The van der Waals surface area contributed by atoms with Crippen molar-refractivity contribution >= 4 is 51.1 Å². The molecule has 0 saturated carbocycles. The molecule has 3 aromatic carbocycles. The highest BCUT2D eigenvalue weighted by atomic mass is 79.9. The fraction of sp³-hybridized carbons (Fsp3) is 0.310. The zero-order chi connectivity index (χ0) is 26.1. The van der Waals surface area contributed by atoms with Gasteiger partial charge < -0.3 is 10.2 Å². The summed E-state index contributed by atoms with van der Waals surface area (Å²) in [4.78, 5) is 29.0. The van der Waals surface area contributed by atoms with E-state index in [1.165, 1.54) is 11.8 Å². The molecule has 3 rings (SSSR count). The van der Waals surface area contributed by atoms with E-state index >= 15 is 0 Å². The molecule has 0 fully saturated rings. The highest BCUT2D eigenvalue weighted by Crippen LogP contribution is 2.21. The van der Waals surface area contributed by atoms with Gasteiger partial charge in [-0.2, -0.15) is 0 Å². The molecular formula is C29H32BrClN2O2S. The molecule has 0 aromatic heterocycles. The van der Waals surface area contributed by atoms with E-state index in [4.69, 9.17) is 11.6 Å². The van der Waals surface area contributed by atoms with Crippen molar-refractivity contribution in [2.45, 2.75) is 51.1 Å². The number of halogens is 2. The highest BCUT2D eigenvalue weighted by molar-refractivity contribution is 9.10.